The van der Waals surface area contributed by atoms with Crippen LogP contribution in [0.5, 0.6) is 0 Å². The van der Waals surface area contributed by atoms with Crippen LogP contribution in [0.25, 0.3) is 0 Å². The van der Waals surface area contributed by atoms with Crippen molar-refractivity contribution < 1.29 is 0 Å². The van der Waals surface area contributed by atoms with Gasteiger partial charge in [-0.3, -0.25) is 9.98 Å². The van der Waals surface area contributed by atoms with Gasteiger partial charge in [0.2, 0.25) is 0 Å². The second-order valence-corrected chi connectivity index (χ2v) is 9.47. The maximum atomic E-state index is 5.25. The first-order valence-corrected chi connectivity index (χ1v) is 12.7. The van der Waals surface area contributed by atoms with Gasteiger partial charge >= 0.3 is 0 Å². The minimum atomic E-state index is 0.363. The van der Waals surface area contributed by atoms with Crippen LogP contribution in [0.15, 0.2) is 80.6 Å². The van der Waals surface area contributed by atoms with Crippen molar-refractivity contribution in [2.75, 3.05) is 20.1 Å². The molecule has 1 saturated carbocycles. The molecule has 0 aromatic heterocycles. The molecule has 180 valence electrons. The molecule has 1 heterocycles. The first-order chi connectivity index (χ1) is 15.8. The maximum absolute atomic E-state index is 5.25. The van der Waals surface area contributed by atoms with E-state index in [0.717, 1.165) is 47.8 Å². The summed E-state index contributed by atoms with van der Waals surface area (Å²) in [5, 5.41) is 0. The van der Waals surface area contributed by atoms with Gasteiger partial charge in [0.25, 0.3) is 0 Å². The molecule has 0 spiro atoms. The van der Waals surface area contributed by atoms with Crippen molar-refractivity contribution in [2.24, 2.45) is 15.9 Å². The molecule has 0 radical (unpaired) electrons. The summed E-state index contributed by atoms with van der Waals surface area (Å²) in [5.41, 5.74) is 9.33. The van der Waals surface area contributed by atoms with E-state index in [1.54, 1.807) is 5.57 Å². The summed E-state index contributed by atoms with van der Waals surface area (Å²) in [5.74, 6) is 0.363. The van der Waals surface area contributed by atoms with Crippen LogP contribution in [0.3, 0.4) is 0 Å². The summed E-state index contributed by atoms with van der Waals surface area (Å²) in [6, 6.07) is 0. The highest BCUT2D eigenvalue weighted by atomic mass is 15.1. The van der Waals surface area contributed by atoms with Crippen molar-refractivity contribution in [2.45, 2.75) is 80.1 Å². The highest BCUT2D eigenvalue weighted by Crippen LogP contribution is 2.30. The van der Waals surface area contributed by atoms with Gasteiger partial charge in [-0.1, -0.05) is 37.6 Å². The Morgan fingerprint density at radius 2 is 1.73 bits per heavy atom. The Morgan fingerprint density at radius 3 is 2.21 bits per heavy atom. The minimum Gasteiger partial charge on any atom is -0.372 e. The van der Waals surface area contributed by atoms with Gasteiger partial charge in [0.1, 0.15) is 0 Å². The maximum Gasteiger partial charge on any atom is 0.0887 e. The van der Waals surface area contributed by atoms with E-state index in [4.69, 9.17) is 4.99 Å². The van der Waals surface area contributed by atoms with Gasteiger partial charge in [-0.25, -0.2) is 0 Å². The van der Waals surface area contributed by atoms with Crippen molar-refractivity contribution in [1.29, 1.82) is 0 Å². The van der Waals surface area contributed by atoms with E-state index in [2.05, 4.69) is 81.5 Å². The summed E-state index contributed by atoms with van der Waals surface area (Å²) >= 11 is 0. The Kier molecular flexibility index (Phi) is 10.8. The third-order valence-corrected chi connectivity index (χ3v) is 6.96. The molecule has 0 aromatic carbocycles. The zero-order chi connectivity index (χ0) is 24.4. The van der Waals surface area contributed by atoms with Gasteiger partial charge in [-0.2, -0.15) is 0 Å². The number of hydrogen-bond acceptors (Lipinski definition) is 3. The quantitative estimate of drug-likeness (QED) is 0.246. The summed E-state index contributed by atoms with van der Waals surface area (Å²) in [6.07, 6.45) is 18.4. The van der Waals surface area contributed by atoms with Crippen molar-refractivity contribution in [3.8, 4) is 0 Å². The first-order valence-electron chi connectivity index (χ1n) is 12.7. The van der Waals surface area contributed by atoms with Gasteiger partial charge in [0, 0.05) is 31.5 Å². The number of rotatable bonds is 10. The molecule has 1 aliphatic heterocycles. The van der Waals surface area contributed by atoms with Crippen LogP contribution in [0.4, 0.5) is 0 Å². The lowest BCUT2D eigenvalue weighted by atomic mass is 9.88. The molecule has 1 saturated heterocycles. The molecule has 3 heteroatoms. The van der Waals surface area contributed by atoms with E-state index in [-0.39, 0.29) is 0 Å². The molecule has 33 heavy (non-hydrogen) atoms. The molecule has 3 nitrogen and oxygen atoms in total. The molecule has 1 atom stereocenters. The summed E-state index contributed by atoms with van der Waals surface area (Å²) in [4.78, 5) is 12.4. The summed E-state index contributed by atoms with van der Waals surface area (Å²) in [6.45, 7) is 19.4. The lowest BCUT2D eigenvalue weighted by Gasteiger charge is -2.20. The van der Waals surface area contributed by atoms with Gasteiger partial charge in [-0.05, 0) is 108 Å². The molecule has 0 bridgehead atoms. The first kappa shape index (κ1) is 26.8. The predicted octanol–water partition coefficient (Wildman–Crippen LogP) is 8.01. The second kappa shape index (κ2) is 13.3. The SMILES string of the molecule is C=C(C)/C(C)=C/C(=NC)C(=C/C(C)=C1CCC1)/N=C(\C=C/C(=C\C)N1CCCC1)C(C)CC. The Bertz CT molecular complexity index is 906. The zero-order valence-electron chi connectivity index (χ0n) is 22.2. The molecule has 0 aromatic rings. The van der Waals surface area contributed by atoms with Crippen molar-refractivity contribution in [3.05, 3.63) is 70.6 Å². The number of nitrogens with zero attached hydrogens (tertiary/aromatic N) is 3. The molecule has 1 unspecified atom stereocenters. The van der Waals surface area contributed by atoms with E-state index in [1.807, 2.05) is 14.0 Å². The third-order valence-electron chi connectivity index (χ3n) is 6.96. The number of aliphatic imine (C=N–C) groups is 2. The average Bonchev–Trinajstić information content (AvgIpc) is 3.29. The normalized spacial score (nSPS) is 19.9. The molecule has 0 N–H and O–H groups in total. The van der Waals surface area contributed by atoms with Crippen LogP contribution in [0.1, 0.15) is 80.1 Å². The Morgan fingerprint density at radius 1 is 1.06 bits per heavy atom. The summed E-state index contributed by atoms with van der Waals surface area (Å²) < 4.78 is 0. The fourth-order valence-electron chi connectivity index (χ4n) is 3.99. The standard InChI is InChI=1S/C30H45N3/c1-9-23(5)28(17-16-27(10-2)33-18-11-12-19-33)32-30(21-25(7)26-14-13-15-26)29(31-8)20-24(6)22(3)4/h10,16-17,20-21,23H,3,9,11-15,18-19H2,1-2,4-8H3/b17-16-,24-20+,27-10+,30-21-,31-29?,32-28+. The molecule has 0 amide bonds. The van der Waals surface area contributed by atoms with Crippen LogP contribution >= 0.6 is 0 Å². The fraction of sp³-hybridized carbons (Fsp3) is 0.533. The molecule has 2 fully saturated rings. The van der Waals surface area contributed by atoms with E-state index in [9.17, 15) is 0 Å². The number of allylic oxidation sites excluding steroid dienone is 9. The van der Waals surface area contributed by atoms with Gasteiger partial charge in [0.05, 0.1) is 11.4 Å². The van der Waals surface area contributed by atoms with Gasteiger partial charge in [0.15, 0.2) is 0 Å². The topological polar surface area (TPSA) is 28.0 Å². The van der Waals surface area contributed by atoms with E-state index in [1.165, 1.54) is 43.4 Å². The Balaban J connectivity index is 2.53. The van der Waals surface area contributed by atoms with E-state index in [0.29, 0.717) is 5.92 Å². The highest BCUT2D eigenvalue weighted by molar-refractivity contribution is 6.11. The molecule has 1 aliphatic carbocycles. The fourth-order valence-corrected chi connectivity index (χ4v) is 3.99. The predicted molar refractivity (Wildman–Crippen MR) is 147 cm³/mol. The van der Waals surface area contributed by atoms with E-state index < -0.39 is 0 Å². The Labute approximate surface area is 203 Å². The third kappa shape index (κ3) is 7.84. The second-order valence-electron chi connectivity index (χ2n) is 9.47. The molecule has 2 aliphatic rings. The van der Waals surface area contributed by atoms with E-state index >= 15 is 0 Å². The molecular formula is C30H45N3. The van der Waals surface area contributed by atoms with Crippen LogP contribution in [-0.4, -0.2) is 36.5 Å². The van der Waals surface area contributed by atoms with Gasteiger partial charge in [-0.15, -0.1) is 0 Å². The zero-order valence-corrected chi connectivity index (χ0v) is 22.2. The molecule has 2 rings (SSSR count). The van der Waals surface area contributed by atoms with Gasteiger partial charge < -0.3 is 4.90 Å². The summed E-state index contributed by atoms with van der Waals surface area (Å²) in [7, 11) is 1.86. The monoisotopic (exact) mass is 447 g/mol. The van der Waals surface area contributed by atoms with Crippen LogP contribution in [0, 0.1) is 5.92 Å². The van der Waals surface area contributed by atoms with Crippen LogP contribution in [0.2, 0.25) is 0 Å². The van der Waals surface area contributed by atoms with Crippen LogP contribution in [-0.2, 0) is 0 Å². The Hall–Kier alpha value is -2.42. The lowest BCUT2D eigenvalue weighted by Crippen LogP contribution is -2.17. The van der Waals surface area contributed by atoms with Crippen molar-refractivity contribution in [1.82, 2.24) is 4.90 Å². The lowest BCUT2D eigenvalue weighted by molar-refractivity contribution is 0.440. The van der Waals surface area contributed by atoms with Crippen molar-refractivity contribution >= 4 is 11.4 Å². The smallest absolute Gasteiger partial charge is 0.0887 e. The number of likely N-dealkylation sites (tertiary alicyclic amines) is 1. The van der Waals surface area contributed by atoms with Crippen molar-refractivity contribution in [3.63, 3.8) is 0 Å². The largest absolute Gasteiger partial charge is 0.372 e. The highest BCUT2D eigenvalue weighted by Gasteiger charge is 2.15. The van der Waals surface area contributed by atoms with Crippen LogP contribution < -0.4 is 0 Å². The average molecular weight is 448 g/mol. The molecular weight excluding hydrogens is 402 g/mol. The number of hydrogen-bond donors (Lipinski definition) is 0. The minimum absolute atomic E-state index is 0.363.